The highest BCUT2D eigenvalue weighted by molar-refractivity contribution is 5.76. The molecular formula is C24H22N4O3. The minimum atomic E-state index is -0.959. The summed E-state index contributed by atoms with van der Waals surface area (Å²) >= 11 is 0. The van der Waals surface area contributed by atoms with Gasteiger partial charge in [0.1, 0.15) is 0 Å². The second-order valence-electron chi connectivity index (χ2n) is 7.87. The van der Waals surface area contributed by atoms with Crippen molar-refractivity contribution in [1.82, 2.24) is 19.0 Å². The van der Waals surface area contributed by atoms with Gasteiger partial charge >= 0.3 is 11.8 Å². The number of pyridine rings is 1. The Morgan fingerprint density at radius 2 is 1.87 bits per heavy atom. The van der Waals surface area contributed by atoms with Crippen LogP contribution in [0.3, 0.4) is 0 Å². The van der Waals surface area contributed by atoms with E-state index >= 15 is 0 Å². The molecule has 0 radical (unpaired) electrons. The van der Waals surface area contributed by atoms with Crippen LogP contribution < -0.4 is 5.69 Å². The number of rotatable bonds is 3. The number of carboxylic acid groups (broad SMARTS) is 1. The first-order chi connectivity index (χ1) is 15.0. The monoisotopic (exact) mass is 414 g/mol. The van der Waals surface area contributed by atoms with Crippen molar-refractivity contribution in [2.75, 3.05) is 13.1 Å². The van der Waals surface area contributed by atoms with Gasteiger partial charge in [-0.25, -0.2) is 14.6 Å². The van der Waals surface area contributed by atoms with Gasteiger partial charge in [-0.2, -0.15) is 0 Å². The summed E-state index contributed by atoms with van der Waals surface area (Å²) in [6.07, 6.45) is 1.30. The zero-order valence-electron chi connectivity index (χ0n) is 17.1. The van der Waals surface area contributed by atoms with E-state index in [1.807, 2.05) is 49.4 Å². The number of nitrogens with zero attached hydrogens (tertiary/aromatic N) is 4. The van der Waals surface area contributed by atoms with Crippen LogP contribution in [0.2, 0.25) is 0 Å². The lowest BCUT2D eigenvalue weighted by atomic mass is 10.0. The first-order valence-corrected chi connectivity index (χ1v) is 10.3. The summed E-state index contributed by atoms with van der Waals surface area (Å²) in [5, 5.41) is 9.32. The molecule has 2 aromatic carbocycles. The van der Waals surface area contributed by atoms with Gasteiger partial charge in [0.25, 0.3) is 0 Å². The van der Waals surface area contributed by atoms with Crippen molar-refractivity contribution in [1.29, 1.82) is 0 Å². The van der Waals surface area contributed by atoms with Crippen molar-refractivity contribution >= 4 is 17.3 Å². The van der Waals surface area contributed by atoms with Gasteiger partial charge < -0.3 is 10.0 Å². The quantitative estimate of drug-likeness (QED) is 0.548. The van der Waals surface area contributed by atoms with Crippen LogP contribution in [0.25, 0.3) is 28.0 Å². The molecule has 2 aromatic heterocycles. The maximum atomic E-state index is 13.6. The van der Waals surface area contributed by atoms with Crippen LogP contribution >= 0.6 is 0 Å². The number of carbonyl (C=O) groups is 1. The fourth-order valence-electron chi connectivity index (χ4n) is 4.45. The van der Waals surface area contributed by atoms with E-state index in [9.17, 15) is 14.7 Å². The molecule has 0 spiro atoms. The van der Waals surface area contributed by atoms with E-state index < -0.39 is 6.09 Å². The van der Waals surface area contributed by atoms with Gasteiger partial charge in [-0.3, -0.25) is 9.13 Å². The van der Waals surface area contributed by atoms with Crippen LogP contribution in [-0.2, 0) is 0 Å². The molecule has 1 amide bonds. The second kappa shape index (κ2) is 7.43. The van der Waals surface area contributed by atoms with Gasteiger partial charge in [0.15, 0.2) is 5.65 Å². The molecule has 7 heteroatoms. The normalized spacial score (nSPS) is 16.2. The molecule has 1 aliphatic heterocycles. The molecular weight excluding hydrogens is 392 g/mol. The number of aromatic nitrogens is 3. The number of fused-ring (bicyclic) bond motifs is 1. The number of likely N-dealkylation sites (tertiary alicyclic amines) is 1. The highest BCUT2D eigenvalue weighted by Gasteiger charge is 2.31. The van der Waals surface area contributed by atoms with Gasteiger partial charge in [-0.1, -0.05) is 36.4 Å². The van der Waals surface area contributed by atoms with Crippen LogP contribution in [0.1, 0.15) is 18.0 Å². The minimum absolute atomic E-state index is 0.193. The number of imidazole rings is 1. The van der Waals surface area contributed by atoms with Gasteiger partial charge in [0, 0.05) is 19.3 Å². The molecule has 0 saturated carbocycles. The Hall–Kier alpha value is -3.87. The van der Waals surface area contributed by atoms with E-state index in [0.717, 1.165) is 27.9 Å². The molecule has 31 heavy (non-hydrogen) atoms. The Morgan fingerprint density at radius 1 is 1.06 bits per heavy atom. The van der Waals surface area contributed by atoms with E-state index in [2.05, 4.69) is 23.2 Å². The minimum Gasteiger partial charge on any atom is -0.465 e. The van der Waals surface area contributed by atoms with Crippen molar-refractivity contribution in [3.05, 3.63) is 82.9 Å². The lowest BCUT2D eigenvalue weighted by Gasteiger charge is -2.13. The Labute approximate surface area is 178 Å². The van der Waals surface area contributed by atoms with Gasteiger partial charge in [-0.15, -0.1) is 0 Å². The molecule has 1 fully saturated rings. The average Bonchev–Trinajstić information content (AvgIpc) is 3.37. The van der Waals surface area contributed by atoms with Gasteiger partial charge in [0.05, 0.1) is 17.2 Å². The number of hydrogen-bond donors (Lipinski definition) is 1. The maximum Gasteiger partial charge on any atom is 0.407 e. The second-order valence-corrected chi connectivity index (χ2v) is 7.87. The molecule has 0 aliphatic carbocycles. The van der Waals surface area contributed by atoms with Crippen molar-refractivity contribution < 1.29 is 9.90 Å². The summed E-state index contributed by atoms with van der Waals surface area (Å²) in [6, 6.07) is 19.7. The smallest absolute Gasteiger partial charge is 0.407 e. The van der Waals surface area contributed by atoms with E-state index in [0.29, 0.717) is 18.6 Å². The Kier molecular flexibility index (Phi) is 4.58. The Bertz CT molecular complexity index is 1340. The molecule has 0 bridgehead atoms. The third-order valence-electron chi connectivity index (χ3n) is 5.98. The first kappa shape index (κ1) is 19.1. The highest BCUT2D eigenvalue weighted by Crippen LogP contribution is 2.28. The van der Waals surface area contributed by atoms with Crippen molar-refractivity contribution in [2.45, 2.75) is 19.4 Å². The van der Waals surface area contributed by atoms with Crippen molar-refractivity contribution in [3.63, 3.8) is 0 Å². The standard InChI is InChI=1S/C24H22N4O3/c1-16-14-18(17-6-3-2-4-7-17)9-10-20(16)28-21-8-5-12-25-22(21)27(23(28)29)19-11-13-26(15-19)24(30)31/h2-10,12,14,19H,11,13,15H2,1H3,(H,30,31)/t19-/m0/s1. The zero-order chi connectivity index (χ0) is 21.5. The summed E-state index contributed by atoms with van der Waals surface area (Å²) in [4.78, 5) is 30.8. The number of benzene rings is 2. The third kappa shape index (κ3) is 3.18. The summed E-state index contributed by atoms with van der Waals surface area (Å²) in [6.45, 7) is 2.70. The van der Waals surface area contributed by atoms with Gasteiger partial charge in [0.2, 0.25) is 0 Å². The lowest BCUT2D eigenvalue weighted by molar-refractivity contribution is 0.154. The highest BCUT2D eigenvalue weighted by atomic mass is 16.4. The summed E-state index contributed by atoms with van der Waals surface area (Å²) in [5.74, 6) is 0. The molecule has 3 heterocycles. The van der Waals surface area contributed by atoms with Gasteiger partial charge in [-0.05, 0) is 54.3 Å². The predicted molar refractivity (Wildman–Crippen MR) is 119 cm³/mol. The third-order valence-corrected chi connectivity index (χ3v) is 5.98. The maximum absolute atomic E-state index is 13.6. The summed E-state index contributed by atoms with van der Waals surface area (Å²) in [7, 11) is 0. The van der Waals surface area contributed by atoms with Crippen LogP contribution in [0.15, 0.2) is 71.7 Å². The number of hydrogen-bond acceptors (Lipinski definition) is 3. The summed E-state index contributed by atoms with van der Waals surface area (Å²) in [5.41, 5.74) is 5.09. The molecule has 1 aliphatic rings. The van der Waals surface area contributed by atoms with E-state index in [4.69, 9.17) is 0 Å². The molecule has 0 unspecified atom stereocenters. The fraction of sp³-hybridized carbons (Fsp3) is 0.208. The van der Waals surface area contributed by atoms with Crippen molar-refractivity contribution in [3.8, 4) is 16.8 Å². The van der Waals surface area contributed by atoms with Crippen LogP contribution in [0.4, 0.5) is 4.79 Å². The number of aryl methyl sites for hydroxylation is 1. The lowest BCUT2D eigenvalue weighted by Crippen LogP contribution is -2.31. The molecule has 1 N–H and O–H groups in total. The van der Waals surface area contributed by atoms with E-state index in [-0.39, 0.29) is 18.3 Å². The molecule has 1 atom stereocenters. The summed E-state index contributed by atoms with van der Waals surface area (Å²) < 4.78 is 3.35. The molecule has 5 rings (SSSR count). The van der Waals surface area contributed by atoms with Crippen LogP contribution in [0.5, 0.6) is 0 Å². The number of amides is 1. The Morgan fingerprint density at radius 3 is 2.58 bits per heavy atom. The van der Waals surface area contributed by atoms with E-state index in [1.165, 1.54) is 4.90 Å². The molecule has 7 nitrogen and oxygen atoms in total. The average molecular weight is 414 g/mol. The fourth-order valence-corrected chi connectivity index (χ4v) is 4.45. The first-order valence-electron chi connectivity index (χ1n) is 10.3. The molecule has 156 valence electrons. The van der Waals surface area contributed by atoms with Crippen molar-refractivity contribution in [2.24, 2.45) is 0 Å². The molecule has 1 saturated heterocycles. The Balaban J connectivity index is 1.64. The van der Waals surface area contributed by atoms with E-state index in [1.54, 1.807) is 15.3 Å². The largest absolute Gasteiger partial charge is 0.465 e. The predicted octanol–water partition coefficient (Wildman–Crippen LogP) is 4.09. The molecule has 4 aromatic rings. The zero-order valence-corrected chi connectivity index (χ0v) is 17.1. The van der Waals surface area contributed by atoms with Crippen LogP contribution in [0, 0.1) is 6.92 Å². The topological polar surface area (TPSA) is 80.4 Å². The van der Waals surface area contributed by atoms with Crippen LogP contribution in [-0.4, -0.2) is 43.3 Å². The SMILES string of the molecule is Cc1cc(-c2ccccc2)ccc1-n1c(=O)n([C@H]2CCN(C(=O)O)C2)c2ncccc21.